The second-order valence-corrected chi connectivity index (χ2v) is 4.41. The maximum absolute atomic E-state index is 10.8. The number of halogens is 2. The van der Waals surface area contributed by atoms with E-state index in [9.17, 15) is 4.79 Å². The first-order valence-corrected chi connectivity index (χ1v) is 5.56. The number of carboxylic acids is 1. The normalized spacial score (nSPS) is 13.6. The van der Waals surface area contributed by atoms with Crippen LogP contribution in [-0.2, 0) is 0 Å². The van der Waals surface area contributed by atoms with Gasteiger partial charge in [-0.25, -0.2) is 4.79 Å². The van der Waals surface area contributed by atoms with E-state index in [-0.39, 0.29) is 16.7 Å². The molecule has 0 unspecified atom stereocenters. The van der Waals surface area contributed by atoms with E-state index in [1.54, 1.807) is 24.3 Å². The zero-order chi connectivity index (χ0) is 12.4. The molecule has 0 fully saturated rings. The molecule has 0 aliphatic carbocycles. The smallest absolute Gasteiger partial charge is 0.335 e. The molecule has 0 aromatic heterocycles. The van der Waals surface area contributed by atoms with Crippen molar-refractivity contribution in [1.29, 1.82) is 0 Å². The molecule has 0 atom stereocenters. The molecule has 0 saturated carbocycles. The fourth-order valence-electron chi connectivity index (χ4n) is 1.45. The molecule has 1 aromatic rings. The molecule has 1 aliphatic rings. The molecule has 17 heavy (non-hydrogen) atoms. The molecule has 1 aliphatic heterocycles. The summed E-state index contributed by atoms with van der Waals surface area (Å²) in [6.07, 6.45) is 3.45. The average molecular weight is 271 g/mol. The Labute approximate surface area is 108 Å². The Balaban J connectivity index is 2.43. The summed E-state index contributed by atoms with van der Waals surface area (Å²) in [5.74, 6) is -0.368. The van der Waals surface area contributed by atoms with E-state index in [1.165, 1.54) is 6.07 Å². The van der Waals surface area contributed by atoms with E-state index in [4.69, 9.17) is 33.0 Å². The second kappa shape index (κ2) is 4.82. The maximum atomic E-state index is 10.8. The van der Waals surface area contributed by atoms with Gasteiger partial charge >= 0.3 is 5.97 Å². The first-order valence-electron chi connectivity index (χ1n) is 4.80. The lowest BCUT2D eigenvalue weighted by molar-refractivity contribution is 0.0697. The van der Waals surface area contributed by atoms with Crippen LogP contribution in [0.15, 0.2) is 34.3 Å². The number of carbonyl (C=O) groups is 1. The van der Waals surface area contributed by atoms with Crippen molar-refractivity contribution in [2.75, 3.05) is 6.61 Å². The number of hydrogen-bond acceptors (Lipinski definition) is 2. The van der Waals surface area contributed by atoms with Crippen LogP contribution < -0.4 is 4.74 Å². The molecule has 88 valence electrons. The Hall–Kier alpha value is -1.45. The van der Waals surface area contributed by atoms with Crippen LogP contribution in [0.5, 0.6) is 5.75 Å². The summed E-state index contributed by atoms with van der Waals surface area (Å²) in [5.41, 5.74) is 1.55. The molecule has 3 nitrogen and oxygen atoms in total. The van der Waals surface area contributed by atoms with Gasteiger partial charge in [-0.3, -0.25) is 0 Å². The van der Waals surface area contributed by atoms with E-state index in [1.807, 2.05) is 0 Å². The Morgan fingerprint density at radius 3 is 2.71 bits per heavy atom. The van der Waals surface area contributed by atoms with Gasteiger partial charge in [-0.05, 0) is 18.2 Å². The van der Waals surface area contributed by atoms with Crippen molar-refractivity contribution in [2.45, 2.75) is 0 Å². The molecular weight excluding hydrogens is 263 g/mol. The molecule has 0 radical (unpaired) electrons. The molecule has 1 aromatic carbocycles. The molecule has 2 rings (SSSR count). The number of aromatic carboxylic acids is 1. The largest absolute Gasteiger partial charge is 0.488 e. The lowest BCUT2D eigenvalue weighted by Gasteiger charge is -2.07. The zero-order valence-electron chi connectivity index (χ0n) is 8.61. The molecule has 0 bridgehead atoms. The Kier molecular flexibility index (Phi) is 3.41. The average Bonchev–Trinajstić information content (AvgIpc) is 2.50. The van der Waals surface area contributed by atoms with Crippen LogP contribution in [0, 0.1) is 0 Å². The number of fused-ring (bicyclic) bond motifs is 1. The van der Waals surface area contributed by atoms with Crippen molar-refractivity contribution in [2.24, 2.45) is 0 Å². The molecular formula is C12H8Cl2O3. The van der Waals surface area contributed by atoms with E-state index in [0.29, 0.717) is 16.9 Å². The minimum absolute atomic E-state index is 0.146. The molecule has 0 spiro atoms. The molecule has 0 saturated heterocycles. The summed E-state index contributed by atoms with van der Waals surface area (Å²) < 4.78 is 5.62. The Bertz CT molecular complexity index is 529. The third-order valence-corrected chi connectivity index (χ3v) is 2.83. The minimum atomic E-state index is -0.975. The topological polar surface area (TPSA) is 46.5 Å². The van der Waals surface area contributed by atoms with Gasteiger partial charge in [-0.15, -0.1) is 0 Å². The van der Waals surface area contributed by atoms with Crippen molar-refractivity contribution in [3.8, 4) is 5.75 Å². The fraction of sp³-hybridized carbons (Fsp3) is 0.0833. The third-order valence-electron chi connectivity index (χ3n) is 2.35. The summed E-state index contributed by atoms with van der Waals surface area (Å²) in [5, 5.41) is 8.88. The lowest BCUT2D eigenvalue weighted by Crippen LogP contribution is -2.01. The number of benzene rings is 1. The van der Waals surface area contributed by atoms with Crippen molar-refractivity contribution in [3.05, 3.63) is 45.5 Å². The van der Waals surface area contributed by atoms with E-state index >= 15 is 0 Å². The van der Waals surface area contributed by atoms with Crippen LogP contribution in [0.4, 0.5) is 0 Å². The van der Waals surface area contributed by atoms with Gasteiger partial charge in [0.1, 0.15) is 16.8 Å². The Morgan fingerprint density at radius 1 is 1.29 bits per heavy atom. The van der Waals surface area contributed by atoms with Crippen molar-refractivity contribution >= 4 is 35.2 Å². The van der Waals surface area contributed by atoms with Gasteiger partial charge in [-0.2, -0.15) is 0 Å². The van der Waals surface area contributed by atoms with E-state index in [2.05, 4.69) is 0 Å². The molecule has 1 N–H and O–H groups in total. The first-order chi connectivity index (χ1) is 8.08. The second-order valence-electron chi connectivity index (χ2n) is 3.47. The van der Waals surface area contributed by atoms with Crippen LogP contribution >= 0.6 is 23.2 Å². The fourth-order valence-corrected chi connectivity index (χ4v) is 1.69. The zero-order valence-corrected chi connectivity index (χ0v) is 10.1. The van der Waals surface area contributed by atoms with Gasteiger partial charge in [0.25, 0.3) is 0 Å². The highest BCUT2D eigenvalue weighted by atomic mass is 35.5. The van der Waals surface area contributed by atoms with E-state index < -0.39 is 5.97 Å². The molecule has 5 heteroatoms. The highest BCUT2D eigenvalue weighted by molar-refractivity contribution is 6.56. The quantitative estimate of drug-likeness (QED) is 0.850. The summed E-state index contributed by atoms with van der Waals surface area (Å²) in [4.78, 5) is 10.8. The highest BCUT2D eigenvalue weighted by Gasteiger charge is 2.12. The number of carboxylic acid groups (broad SMARTS) is 1. The minimum Gasteiger partial charge on any atom is -0.488 e. The van der Waals surface area contributed by atoms with Crippen molar-refractivity contribution in [1.82, 2.24) is 0 Å². The van der Waals surface area contributed by atoms with Crippen LogP contribution in [-0.4, -0.2) is 17.7 Å². The first kappa shape index (κ1) is 12.0. The SMILES string of the molecule is O=C(O)c1ccc2c(c1)C=CC(=C(Cl)Cl)CO2. The lowest BCUT2D eigenvalue weighted by atomic mass is 10.1. The van der Waals surface area contributed by atoms with Crippen LogP contribution in [0.25, 0.3) is 6.08 Å². The summed E-state index contributed by atoms with van der Waals surface area (Å²) in [6, 6.07) is 4.65. The maximum Gasteiger partial charge on any atom is 0.335 e. The number of ether oxygens (including phenoxy) is 1. The van der Waals surface area contributed by atoms with E-state index in [0.717, 1.165) is 0 Å². The predicted molar refractivity (Wildman–Crippen MR) is 66.7 cm³/mol. The van der Waals surface area contributed by atoms with Gasteiger partial charge in [0, 0.05) is 11.1 Å². The number of hydrogen-bond donors (Lipinski definition) is 1. The van der Waals surface area contributed by atoms with Crippen molar-refractivity contribution in [3.63, 3.8) is 0 Å². The van der Waals surface area contributed by atoms with Gasteiger partial charge in [0.05, 0.1) is 5.56 Å². The summed E-state index contributed by atoms with van der Waals surface area (Å²) >= 11 is 11.3. The summed E-state index contributed by atoms with van der Waals surface area (Å²) in [7, 11) is 0. The number of rotatable bonds is 1. The predicted octanol–water partition coefficient (Wildman–Crippen LogP) is 3.48. The summed E-state index contributed by atoms with van der Waals surface area (Å²) in [6.45, 7) is 0.262. The highest BCUT2D eigenvalue weighted by Crippen LogP contribution is 2.27. The van der Waals surface area contributed by atoms with Gasteiger partial charge in [0.2, 0.25) is 0 Å². The van der Waals surface area contributed by atoms with Crippen molar-refractivity contribution < 1.29 is 14.6 Å². The molecule has 0 amide bonds. The van der Waals surface area contributed by atoms with Crippen LogP contribution in [0.2, 0.25) is 0 Å². The Morgan fingerprint density at radius 2 is 2.06 bits per heavy atom. The standard InChI is InChI=1S/C12H8Cl2O3/c13-11(14)9-2-1-7-5-8(12(15)16)3-4-10(7)17-6-9/h1-5H,6H2,(H,15,16). The van der Waals surface area contributed by atoms with Gasteiger partial charge < -0.3 is 9.84 Å². The molecule has 1 heterocycles. The van der Waals surface area contributed by atoms with Gasteiger partial charge in [0.15, 0.2) is 0 Å². The third kappa shape index (κ3) is 2.62. The van der Waals surface area contributed by atoms with Gasteiger partial charge in [-0.1, -0.05) is 35.4 Å². The monoisotopic (exact) mass is 270 g/mol. The van der Waals surface area contributed by atoms with Crippen LogP contribution in [0.3, 0.4) is 0 Å². The van der Waals surface area contributed by atoms with Crippen LogP contribution in [0.1, 0.15) is 15.9 Å².